The third-order valence-corrected chi connectivity index (χ3v) is 8.94. The van der Waals surface area contributed by atoms with Crippen LogP contribution in [-0.2, 0) is 11.3 Å². The van der Waals surface area contributed by atoms with Crippen molar-refractivity contribution in [1.82, 2.24) is 4.90 Å². The molecule has 2 aliphatic heterocycles. The highest BCUT2D eigenvalue weighted by atomic mass is 32.2. The van der Waals surface area contributed by atoms with Crippen LogP contribution in [0.25, 0.3) is 6.08 Å². The number of carbonyl (C=O) groups is 2. The fraction of sp³-hybridized carbons (Fsp3) is 0.200. The normalized spacial score (nSPS) is 16.0. The molecule has 7 heteroatoms. The maximum absolute atomic E-state index is 13.7. The number of carbonyl (C=O) groups excluding carboxylic acids is 2. The van der Waals surface area contributed by atoms with Gasteiger partial charge in [0.25, 0.3) is 11.8 Å². The average molecular weight is 576 g/mol. The lowest BCUT2D eigenvalue weighted by Gasteiger charge is -2.36. The van der Waals surface area contributed by atoms with Crippen LogP contribution in [0.5, 0.6) is 5.75 Å². The Labute approximate surface area is 251 Å². The molecule has 212 valence electrons. The number of methoxy groups -OCH3 is 1. The molecular formula is C35H33N3O3S. The van der Waals surface area contributed by atoms with E-state index in [2.05, 4.69) is 36.1 Å². The number of hydrogen-bond donors (Lipinski definition) is 0. The zero-order valence-electron chi connectivity index (χ0n) is 23.8. The van der Waals surface area contributed by atoms with Crippen molar-refractivity contribution < 1.29 is 14.3 Å². The van der Waals surface area contributed by atoms with E-state index in [4.69, 9.17) is 4.74 Å². The molecule has 2 heterocycles. The topological polar surface area (TPSA) is 53.1 Å². The van der Waals surface area contributed by atoms with Crippen LogP contribution in [0.4, 0.5) is 11.4 Å². The molecule has 1 fully saturated rings. The Bertz CT molecular complexity index is 1640. The van der Waals surface area contributed by atoms with Crippen LogP contribution in [0.15, 0.2) is 107 Å². The quantitative estimate of drug-likeness (QED) is 0.241. The van der Waals surface area contributed by atoms with Crippen molar-refractivity contribution in [3.05, 3.63) is 124 Å². The predicted octanol–water partition coefficient (Wildman–Crippen LogP) is 6.65. The van der Waals surface area contributed by atoms with Gasteiger partial charge in [-0.1, -0.05) is 66.4 Å². The molecule has 6 nitrogen and oxygen atoms in total. The summed E-state index contributed by atoms with van der Waals surface area (Å²) in [6.45, 7) is 5.43. The van der Waals surface area contributed by atoms with Crippen LogP contribution in [-0.4, -0.2) is 50.0 Å². The molecule has 0 atom stereocenters. The molecule has 2 aliphatic rings. The molecule has 0 saturated carbocycles. The highest BCUT2D eigenvalue weighted by Crippen LogP contribution is 2.42. The number of piperazine rings is 1. The monoisotopic (exact) mass is 575 g/mol. The summed E-state index contributed by atoms with van der Waals surface area (Å²) >= 11 is 1.49. The molecule has 4 aromatic rings. The molecular weight excluding hydrogens is 542 g/mol. The minimum atomic E-state index is -0.0176. The van der Waals surface area contributed by atoms with Gasteiger partial charge in [-0.05, 0) is 66.1 Å². The van der Waals surface area contributed by atoms with Gasteiger partial charge >= 0.3 is 0 Å². The summed E-state index contributed by atoms with van der Waals surface area (Å²) in [5, 5.41) is 0. The van der Waals surface area contributed by atoms with Crippen LogP contribution in [0.1, 0.15) is 27.0 Å². The first-order valence-corrected chi connectivity index (χ1v) is 14.9. The maximum Gasteiger partial charge on any atom is 0.265 e. The Morgan fingerprint density at radius 1 is 0.881 bits per heavy atom. The van der Waals surface area contributed by atoms with Gasteiger partial charge in [0.15, 0.2) is 0 Å². The predicted molar refractivity (Wildman–Crippen MR) is 170 cm³/mol. The summed E-state index contributed by atoms with van der Waals surface area (Å²) in [5.74, 6) is 0.842. The molecule has 0 radical (unpaired) electrons. The average Bonchev–Trinajstić information content (AvgIpc) is 3.04. The van der Waals surface area contributed by atoms with E-state index < -0.39 is 0 Å². The lowest BCUT2D eigenvalue weighted by atomic mass is 10.1. The van der Waals surface area contributed by atoms with Crippen molar-refractivity contribution >= 4 is 41.0 Å². The smallest absolute Gasteiger partial charge is 0.265 e. The number of rotatable bonds is 6. The summed E-state index contributed by atoms with van der Waals surface area (Å²) < 4.78 is 5.36. The molecule has 6 rings (SSSR count). The van der Waals surface area contributed by atoms with Gasteiger partial charge < -0.3 is 19.4 Å². The number of benzene rings is 4. The number of hydrogen-bond acceptors (Lipinski definition) is 5. The van der Waals surface area contributed by atoms with Gasteiger partial charge in [-0.2, -0.15) is 0 Å². The fourth-order valence-electron chi connectivity index (χ4n) is 5.41. The third kappa shape index (κ3) is 5.78. The second-order valence-electron chi connectivity index (χ2n) is 10.5. The highest BCUT2D eigenvalue weighted by Gasteiger charge is 2.29. The standard InChI is InChI=1S/C35H33N3O3S/c1-25-8-3-4-9-28(25)24-38-31-12-5-6-13-32(31)42-33(35(38)40)22-26-14-16-27(17-15-26)34(39)37-20-18-36(19-21-37)29-10-7-11-30(23-29)41-2/h3-17,22-23H,18-21,24H2,1-2H3. The minimum absolute atomic E-state index is 0.0176. The Morgan fingerprint density at radius 3 is 2.38 bits per heavy atom. The van der Waals surface area contributed by atoms with Gasteiger partial charge in [-0.25, -0.2) is 0 Å². The molecule has 0 N–H and O–H groups in total. The summed E-state index contributed by atoms with van der Waals surface area (Å²) in [7, 11) is 1.67. The fourth-order valence-corrected chi connectivity index (χ4v) is 6.47. The van der Waals surface area contributed by atoms with E-state index in [0.29, 0.717) is 30.1 Å². The number of para-hydroxylation sites is 1. The SMILES string of the molecule is COc1cccc(N2CCN(C(=O)c3ccc(C=C4Sc5ccccc5N(Cc5ccccc5C)C4=O)cc3)CC2)c1. The third-order valence-electron chi connectivity index (χ3n) is 7.86. The first-order chi connectivity index (χ1) is 20.5. The molecule has 0 aliphatic carbocycles. The number of ether oxygens (including phenoxy) is 1. The zero-order valence-corrected chi connectivity index (χ0v) is 24.6. The van der Waals surface area contributed by atoms with Crippen molar-refractivity contribution in [2.24, 2.45) is 0 Å². The van der Waals surface area contributed by atoms with E-state index in [9.17, 15) is 9.59 Å². The van der Waals surface area contributed by atoms with E-state index >= 15 is 0 Å². The van der Waals surface area contributed by atoms with E-state index in [-0.39, 0.29) is 11.8 Å². The zero-order chi connectivity index (χ0) is 29.1. The number of anilines is 2. The first-order valence-electron chi connectivity index (χ1n) is 14.1. The van der Waals surface area contributed by atoms with Crippen LogP contribution in [0.3, 0.4) is 0 Å². The van der Waals surface area contributed by atoms with Crippen molar-refractivity contribution in [3.63, 3.8) is 0 Å². The molecule has 4 aromatic carbocycles. The summed E-state index contributed by atoms with van der Waals surface area (Å²) in [6, 6.07) is 31.8. The lowest BCUT2D eigenvalue weighted by molar-refractivity contribution is -0.114. The Balaban J connectivity index is 1.15. The molecule has 42 heavy (non-hydrogen) atoms. The number of fused-ring (bicyclic) bond motifs is 1. The maximum atomic E-state index is 13.7. The lowest BCUT2D eigenvalue weighted by Crippen LogP contribution is -2.48. The van der Waals surface area contributed by atoms with Crippen molar-refractivity contribution in [1.29, 1.82) is 0 Å². The summed E-state index contributed by atoms with van der Waals surface area (Å²) in [6.07, 6.45) is 1.93. The molecule has 0 spiro atoms. The Morgan fingerprint density at radius 2 is 1.62 bits per heavy atom. The molecule has 0 bridgehead atoms. The molecule has 0 aromatic heterocycles. The first kappa shape index (κ1) is 27.7. The van der Waals surface area contributed by atoms with E-state index in [1.807, 2.05) is 88.7 Å². The number of thioether (sulfide) groups is 1. The second-order valence-corrected chi connectivity index (χ2v) is 11.6. The van der Waals surface area contributed by atoms with Crippen LogP contribution < -0.4 is 14.5 Å². The van der Waals surface area contributed by atoms with Gasteiger partial charge in [0.05, 0.1) is 24.2 Å². The summed E-state index contributed by atoms with van der Waals surface area (Å²) in [4.78, 5) is 34.8. The number of amides is 2. The minimum Gasteiger partial charge on any atom is -0.497 e. The van der Waals surface area contributed by atoms with Crippen LogP contribution >= 0.6 is 11.8 Å². The van der Waals surface area contributed by atoms with Crippen LogP contribution in [0, 0.1) is 6.92 Å². The van der Waals surface area contributed by atoms with Gasteiger partial charge in [-0.3, -0.25) is 9.59 Å². The van der Waals surface area contributed by atoms with Gasteiger partial charge in [0, 0.05) is 48.4 Å². The molecule has 0 unspecified atom stereocenters. The Kier molecular flexibility index (Phi) is 8.02. The second kappa shape index (κ2) is 12.2. The van der Waals surface area contributed by atoms with Gasteiger partial charge in [0.2, 0.25) is 0 Å². The van der Waals surface area contributed by atoms with E-state index in [1.165, 1.54) is 11.8 Å². The van der Waals surface area contributed by atoms with Crippen molar-refractivity contribution in [2.75, 3.05) is 43.1 Å². The highest BCUT2D eigenvalue weighted by molar-refractivity contribution is 8.04. The van der Waals surface area contributed by atoms with Gasteiger partial charge in [0.1, 0.15) is 5.75 Å². The summed E-state index contributed by atoms with van der Waals surface area (Å²) in [5.41, 5.74) is 5.86. The molecule has 2 amide bonds. The number of aryl methyl sites for hydroxylation is 1. The molecule has 1 saturated heterocycles. The largest absolute Gasteiger partial charge is 0.497 e. The van der Waals surface area contributed by atoms with Crippen molar-refractivity contribution in [2.45, 2.75) is 18.4 Å². The number of nitrogens with zero attached hydrogens (tertiary/aromatic N) is 3. The Hall–Kier alpha value is -4.49. The van der Waals surface area contributed by atoms with Crippen LogP contribution in [0.2, 0.25) is 0 Å². The van der Waals surface area contributed by atoms with E-state index in [0.717, 1.165) is 51.8 Å². The van der Waals surface area contributed by atoms with Gasteiger partial charge in [-0.15, -0.1) is 0 Å². The van der Waals surface area contributed by atoms with E-state index in [1.54, 1.807) is 7.11 Å². The van der Waals surface area contributed by atoms with Crippen molar-refractivity contribution in [3.8, 4) is 5.75 Å².